The minimum Gasteiger partial charge on any atom is -0.293 e. The quantitative estimate of drug-likeness (QED) is 0.664. The molecule has 0 aromatic heterocycles. The number of hydrogen-bond acceptors (Lipinski definition) is 1. The van der Waals surface area contributed by atoms with E-state index in [4.69, 9.17) is 0 Å². The maximum atomic E-state index is 4.01. The Morgan fingerprint density at radius 1 is 0.864 bits per heavy atom. The Bertz CT molecular complexity index is 449. The molecule has 0 aliphatic heterocycles. The van der Waals surface area contributed by atoms with E-state index >= 15 is 0 Å². The highest BCUT2D eigenvalue weighted by atomic mass is 15.2. The number of nitrogens with zero attached hydrogens (tertiary/aromatic N) is 1. The van der Waals surface area contributed by atoms with Crippen LogP contribution in [0.2, 0.25) is 0 Å². The fraction of sp³-hybridized carbons (Fsp3) is 0.619. The van der Waals surface area contributed by atoms with Gasteiger partial charge in [-0.3, -0.25) is 4.90 Å². The van der Waals surface area contributed by atoms with Gasteiger partial charge in [0.25, 0.3) is 0 Å². The van der Waals surface area contributed by atoms with E-state index in [1.165, 1.54) is 75.3 Å². The highest BCUT2D eigenvalue weighted by Gasteiger charge is 2.29. The van der Waals surface area contributed by atoms with Gasteiger partial charge in [-0.05, 0) is 36.8 Å². The highest BCUT2D eigenvalue weighted by molar-refractivity contribution is 5.51. The van der Waals surface area contributed by atoms with E-state index in [1.807, 2.05) is 6.08 Å². The lowest BCUT2D eigenvalue weighted by Gasteiger charge is -2.42. The van der Waals surface area contributed by atoms with E-state index in [0.717, 1.165) is 18.6 Å². The van der Waals surface area contributed by atoms with E-state index in [1.54, 1.807) is 0 Å². The van der Waals surface area contributed by atoms with Crippen molar-refractivity contribution in [3.8, 4) is 0 Å². The molecule has 0 amide bonds. The normalized spacial score (nSPS) is 21.1. The Morgan fingerprint density at radius 3 is 1.95 bits per heavy atom. The van der Waals surface area contributed by atoms with E-state index in [-0.39, 0.29) is 0 Å². The van der Waals surface area contributed by atoms with E-state index in [9.17, 15) is 0 Å². The lowest BCUT2D eigenvalue weighted by Crippen LogP contribution is -2.44. The average Bonchev–Trinajstić information content (AvgIpc) is 2.61. The van der Waals surface area contributed by atoms with Crippen LogP contribution >= 0.6 is 0 Å². The summed E-state index contributed by atoms with van der Waals surface area (Å²) in [7, 11) is 0. The van der Waals surface area contributed by atoms with Gasteiger partial charge in [-0.2, -0.15) is 0 Å². The van der Waals surface area contributed by atoms with Crippen molar-refractivity contribution >= 4 is 6.08 Å². The molecule has 0 radical (unpaired) electrons. The maximum absolute atomic E-state index is 4.01. The molecule has 2 fully saturated rings. The van der Waals surface area contributed by atoms with Crippen molar-refractivity contribution in [2.24, 2.45) is 0 Å². The Balaban J connectivity index is 1.78. The fourth-order valence-corrected chi connectivity index (χ4v) is 4.46. The van der Waals surface area contributed by atoms with Crippen LogP contribution in [0.1, 0.15) is 75.3 Å². The van der Waals surface area contributed by atoms with Crippen LogP contribution in [0.4, 0.5) is 0 Å². The van der Waals surface area contributed by atoms with Gasteiger partial charge in [0.1, 0.15) is 0 Å². The first-order valence-electron chi connectivity index (χ1n) is 9.34. The van der Waals surface area contributed by atoms with Crippen molar-refractivity contribution in [1.82, 2.24) is 4.90 Å². The number of hydrogen-bond donors (Lipinski definition) is 0. The SMILES string of the molecule is C=Cc1ccccc1CN(C1CCCCC1)C1CCCCC1. The molecule has 0 bridgehead atoms. The van der Waals surface area contributed by atoms with Crippen LogP contribution in [-0.2, 0) is 6.54 Å². The lowest BCUT2D eigenvalue weighted by atomic mass is 9.88. The number of benzene rings is 1. The zero-order chi connectivity index (χ0) is 15.2. The van der Waals surface area contributed by atoms with Crippen molar-refractivity contribution in [1.29, 1.82) is 0 Å². The number of rotatable bonds is 5. The molecule has 0 N–H and O–H groups in total. The maximum Gasteiger partial charge on any atom is 0.0245 e. The van der Waals surface area contributed by atoms with Gasteiger partial charge in [-0.15, -0.1) is 0 Å². The first kappa shape index (κ1) is 15.8. The van der Waals surface area contributed by atoms with Crippen LogP contribution in [0, 0.1) is 0 Å². The Labute approximate surface area is 136 Å². The molecule has 3 rings (SSSR count). The summed E-state index contributed by atoms with van der Waals surface area (Å²) in [6, 6.07) is 10.5. The van der Waals surface area contributed by atoms with Crippen LogP contribution in [0.3, 0.4) is 0 Å². The third-order valence-electron chi connectivity index (χ3n) is 5.72. The zero-order valence-corrected chi connectivity index (χ0v) is 14.0. The molecule has 2 aliphatic carbocycles. The molecule has 1 aromatic rings. The molecular formula is C21H31N. The second-order valence-corrected chi connectivity index (χ2v) is 7.16. The summed E-state index contributed by atoms with van der Waals surface area (Å²) in [4.78, 5) is 2.88. The van der Waals surface area contributed by atoms with Crippen LogP contribution < -0.4 is 0 Å². The van der Waals surface area contributed by atoms with E-state index in [0.29, 0.717) is 0 Å². The minimum absolute atomic E-state index is 0.815. The Morgan fingerprint density at radius 2 is 1.41 bits per heavy atom. The summed E-state index contributed by atoms with van der Waals surface area (Å²) in [6.07, 6.45) is 16.3. The molecule has 1 heteroatoms. The van der Waals surface area contributed by atoms with Gasteiger partial charge >= 0.3 is 0 Å². The average molecular weight is 297 g/mol. The van der Waals surface area contributed by atoms with Gasteiger partial charge < -0.3 is 0 Å². The molecule has 1 nitrogen and oxygen atoms in total. The topological polar surface area (TPSA) is 3.24 Å². The predicted octanol–water partition coefficient (Wildman–Crippen LogP) is 5.80. The van der Waals surface area contributed by atoms with Crippen molar-refractivity contribution in [3.05, 3.63) is 42.0 Å². The lowest BCUT2D eigenvalue weighted by molar-refractivity contribution is 0.0730. The van der Waals surface area contributed by atoms with Gasteiger partial charge in [0, 0.05) is 18.6 Å². The summed E-state index contributed by atoms with van der Waals surface area (Å²) in [5.74, 6) is 0. The van der Waals surface area contributed by atoms with E-state index in [2.05, 4.69) is 35.7 Å². The van der Waals surface area contributed by atoms with E-state index < -0.39 is 0 Å². The molecule has 0 unspecified atom stereocenters. The largest absolute Gasteiger partial charge is 0.293 e. The van der Waals surface area contributed by atoms with Crippen LogP contribution in [-0.4, -0.2) is 17.0 Å². The first-order valence-corrected chi connectivity index (χ1v) is 9.34. The summed E-state index contributed by atoms with van der Waals surface area (Å²) in [6.45, 7) is 5.13. The third kappa shape index (κ3) is 3.81. The van der Waals surface area contributed by atoms with Gasteiger partial charge in [0.05, 0.1) is 0 Å². The van der Waals surface area contributed by atoms with Crippen molar-refractivity contribution in [3.63, 3.8) is 0 Å². The van der Waals surface area contributed by atoms with Crippen LogP contribution in [0.25, 0.3) is 6.08 Å². The van der Waals surface area contributed by atoms with Gasteiger partial charge in [-0.25, -0.2) is 0 Å². The summed E-state index contributed by atoms with van der Waals surface area (Å²) >= 11 is 0. The standard InChI is InChI=1S/C21H31N/c1-2-18-11-9-10-12-19(18)17-22(20-13-5-3-6-14-20)21-15-7-4-8-16-21/h2,9-12,20-21H,1,3-8,13-17H2. The Kier molecular flexibility index (Phi) is 5.72. The molecule has 1 aromatic carbocycles. The molecule has 2 aliphatic rings. The molecule has 0 saturated heterocycles. The second kappa shape index (κ2) is 7.97. The van der Waals surface area contributed by atoms with Crippen molar-refractivity contribution < 1.29 is 0 Å². The minimum atomic E-state index is 0.815. The second-order valence-electron chi connectivity index (χ2n) is 7.16. The zero-order valence-electron chi connectivity index (χ0n) is 14.0. The van der Waals surface area contributed by atoms with Gasteiger partial charge in [0.2, 0.25) is 0 Å². The first-order chi connectivity index (χ1) is 10.9. The summed E-state index contributed by atoms with van der Waals surface area (Å²) in [5.41, 5.74) is 2.78. The van der Waals surface area contributed by atoms with Crippen LogP contribution in [0.5, 0.6) is 0 Å². The monoisotopic (exact) mass is 297 g/mol. The van der Waals surface area contributed by atoms with Gasteiger partial charge in [0.15, 0.2) is 0 Å². The summed E-state index contributed by atoms with van der Waals surface area (Å²) in [5, 5.41) is 0. The third-order valence-corrected chi connectivity index (χ3v) is 5.72. The molecule has 22 heavy (non-hydrogen) atoms. The molecule has 120 valence electrons. The molecule has 0 atom stereocenters. The predicted molar refractivity (Wildman–Crippen MR) is 95.8 cm³/mol. The van der Waals surface area contributed by atoms with Gasteiger partial charge in [-0.1, -0.05) is 75.4 Å². The van der Waals surface area contributed by atoms with Crippen molar-refractivity contribution in [2.45, 2.75) is 82.8 Å². The summed E-state index contributed by atoms with van der Waals surface area (Å²) < 4.78 is 0. The molecular weight excluding hydrogens is 266 g/mol. The van der Waals surface area contributed by atoms with Crippen LogP contribution in [0.15, 0.2) is 30.8 Å². The fourth-order valence-electron chi connectivity index (χ4n) is 4.46. The molecule has 0 spiro atoms. The van der Waals surface area contributed by atoms with Crippen molar-refractivity contribution in [2.75, 3.05) is 0 Å². The molecule has 2 saturated carbocycles. The smallest absolute Gasteiger partial charge is 0.0245 e. The highest BCUT2D eigenvalue weighted by Crippen LogP contribution is 2.32. The Hall–Kier alpha value is -1.08. The molecule has 0 heterocycles.